The Bertz CT molecular complexity index is 1070. The van der Waals surface area contributed by atoms with E-state index in [1.54, 1.807) is 0 Å². The molecule has 1 aromatic carbocycles. The second-order valence-electron chi connectivity index (χ2n) is 7.82. The zero-order valence-electron chi connectivity index (χ0n) is 17.0. The van der Waals surface area contributed by atoms with Gasteiger partial charge < -0.3 is 14.3 Å². The van der Waals surface area contributed by atoms with Gasteiger partial charge in [0.05, 0.1) is 0 Å². The van der Waals surface area contributed by atoms with Gasteiger partial charge in [-0.3, -0.25) is 0 Å². The maximum absolute atomic E-state index is 11.7. The Morgan fingerprint density at radius 3 is 2.34 bits per heavy atom. The number of aryl methyl sites for hydroxylation is 2. The second-order valence-corrected chi connectivity index (χ2v) is 8.95. The Hall–Kier alpha value is -2.32. The molecule has 0 radical (unpaired) electrons. The van der Waals surface area contributed by atoms with E-state index in [4.69, 9.17) is 20.8 Å². The highest BCUT2D eigenvalue weighted by Crippen LogP contribution is 2.35. The number of nitrogens with zero attached hydrogens (tertiary/aromatic N) is 3. The van der Waals surface area contributed by atoms with Gasteiger partial charge in [-0.05, 0) is 43.4 Å². The van der Waals surface area contributed by atoms with Crippen LogP contribution in [0.4, 0.5) is 0 Å². The first kappa shape index (κ1) is 21.4. The first-order chi connectivity index (χ1) is 13.5. The summed E-state index contributed by atoms with van der Waals surface area (Å²) in [6.07, 6.45) is 0.872. The van der Waals surface area contributed by atoms with Crippen LogP contribution in [0.2, 0.25) is 5.15 Å². The summed E-state index contributed by atoms with van der Waals surface area (Å²) in [5.74, 6) is -0.107. The number of oxazole rings is 1. The van der Waals surface area contributed by atoms with Crippen molar-refractivity contribution >= 4 is 40.6 Å². The highest BCUT2D eigenvalue weighted by atomic mass is 35.5. The summed E-state index contributed by atoms with van der Waals surface area (Å²) >= 11 is 7.56. The van der Waals surface area contributed by atoms with Crippen LogP contribution in [0.3, 0.4) is 0 Å². The number of benzene rings is 1. The van der Waals surface area contributed by atoms with Gasteiger partial charge in [-0.25, -0.2) is 14.8 Å². The van der Waals surface area contributed by atoms with Crippen LogP contribution in [0, 0.1) is 19.3 Å². The largest absolute Gasteiger partial charge is 0.478 e. The molecule has 29 heavy (non-hydrogen) atoms. The molecular weight excluding hydrogens is 414 g/mol. The summed E-state index contributed by atoms with van der Waals surface area (Å²) in [7, 11) is 0. The summed E-state index contributed by atoms with van der Waals surface area (Å²) in [4.78, 5) is 24.6. The lowest BCUT2D eigenvalue weighted by Gasteiger charge is -2.29. The third-order valence-electron chi connectivity index (χ3n) is 4.33. The predicted molar refractivity (Wildman–Crippen MR) is 113 cm³/mol. The smallest absolute Gasteiger partial charge is 0.345 e. The van der Waals surface area contributed by atoms with E-state index in [0.717, 1.165) is 16.7 Å². The average Bonchev–Trinajstić information content (AvgIpc) is 3.04. The van der Waals surface area contributed by atoms with E-state index in [0.29, 0.717) is 28.0 Å². The molecule has 0 saturated carbocycles. The molecule has 0 aliphatic rings. The van der Waals surface area contributed by atoms with E-state index in [9.17, 15) is 9.90 Å². The molecule has 0 amide bonds. The fraction of sp³-hybridized carbons (Fsp3) is 0.400. The molecule has 9 heteroatoms. The van der Waals surface area contributed by atoms with Crippen molar-refractivity contribution in [2.24, 2.45) is 5.41 Å². The first-order valence-electron chi connectivity index (χ1n) is 8.90. The normalized spacial score (nSPS) is 12.9. The average molecular weight is 436 g/mol. The maximum atomic E-state index is 11.7. The molecule has 0 saturated heterocycles. The number of aromatic nitrogens is 3. The van der Waals surface area contributed by atoms with Crippen LogP contribution in [0.25, 0.3) is 22.7 Å². The topological polar surface area (TPSA) is 98.3 Å². The molecule has 2 aromatic heterocycles. The number of hydrogen-bond acceptors (Lipinski definition) is 7. The van der Waals surface area contributed by atoms with E-state index in [2.05, 4.69) is 15.0 Å². The van der Waals surface area contributed by atoms with Crippen molar-refractivity contribution in [2.75, 3.05) is 6.26 Å². The van der Waals surface area contributed by atoms with Crippen molar-refractivity contribution in [3.8, 4) is 17.2 Å². The van der Waals surface area contributed by atoms with Crippen LogP contribution in [-0.2, 0) is 4.79 Å². The molecule has 2 heterocycles. The van der Waals surface area contributed by atoms with Gasteiger partial charge in [-0.1, -0.05) is 44.1 Å². The summed E-state index contributed by atoms with van der Waals surface area (Å²) in [6, 6.07) is 3.68. The number of carboxylic acids is 1. The van der Waals surface area contributed by atoms with Gasteiger partial charge in [0.15, 0.2) is 21.9 Å². The van der Waals surface area contributed by atoms with Crippen LogP contribution < -0.4 is 4.74 Å². The molecule has 1 unspecified atom stereocenters. The molecular formula is C20H22ClN3O4S. The summed E-state index contributed by atoms with van der Waals surface area (Å²) < 4.78 is 11.7. The van der Waals surface area contributed by atoms with E-state index in [1.165, 1.54) is 11.8 Å². The van der Waals surface area contributed by atoms with Crippen molar-refractivity contribution in [3.05, 3.63) is 28.4 Å². The summed E-state index contributed by atoms with van der Waals surface area (Å²) in [5.41, 5.74) is 2.43. The molecule has 154 valence electrons. The highest BCUT2D eigenvalue weighted by Gasteiger charge is 2.34. The van der Waals surface area contributed by atoms with Crippen molar-refractivity contribution < 1.29 is 19.1 Å². The van der Waals surface area contributed by atoms with E-state index >= 15 is 0 Å². The molecule has 0 aliphatic carbocycles. The van der Waals surface area contributed by atoms with Gasteiger partial charge in [0, 0.05) is 11.0 Å². The fourth-order valence-corrected chi connectivity index (χ4v) is 3.57. The third-order valence-corrected chi connectivity index (χ3v) is 5.14. The minimum Gasteiger partial charge on any atom is -0.478 e. The number of halogens is 1. The molecule has 3 aromatic rings. The van der Waals surface area contributed by atoms with Crippen LogP contribution in [0.15, 0.2) is 21.7 Å². The van der Waals surface area contributed by atoms with Gasteiger partial charge in [0.25, 0.3) is 5.71 Å². The Morgan fingerprint density at radius 2 is 1.83 bits per heavy atom. The van der Waals surface area contributed by atoms with Gasteiger partial charge >= 0.3 is 5.97 Å². The Kier molecular flexibility index (Phi) is 5.78. The molecule has 1 N–H and O–H groups in total. The van der Waals surface area contributed by atoms with Crippen molar-refractivity contribution in [2.45, 2.75) is 45.9 Å². The zero-order chi connectivity index (χ0) is 21.5. The fourth-order valence-electron chi connectivity index (χ4n) is 2.96. The molecule has 7 nitrogen and oxygen atoms in total. The molecule has 3 rings (SSSR count). The Labute approximate surface area is 177 Å². The van der Waals surface area contributed by atoms with Crippen LogP contribution in [0.5, 0.6) is 5.75 Å². The zero-order valence-corrected chi connectivity index (χ0v) is 18.6. The number of aliphatic carboxylic acids is 1. The lowest BCUT2D eigenvalue weighted by molar-refractivity contribution is -0.150. The number of carboxylic acid groups (broad SMARTS) is 1. The monoisotopic (exact) mass is 435 g/mol. The van der Waals surface area contributed by atoms with Gasteiger partial charge in [-0.2, -0.15) is 4.98 Å². The number of rotatable bonds is 5. The number of thioether (sulfide) groups is 1. The van der Waals surface area contributed by atoms with Gasteiger partial charge in [0.1, 0.15) is 5.75 Å². The number of hydrogen-bond donors (Lipinski definition) is 1. The molecule has 0 spiro atoms. The van der Waals surface area contributed by atoms with E-state index in [-0.39, 0.29) is 5.15 Å². The predicted octanol–water partition coefficient (Wildman–Crippen LogP) is 5.16. The lowest BCUT2D eigenvalue weighted by Crippen LogP contribution is -2.39. The molecule has 0 bridgehead atoms. The number of fused-ring (bicyclic) bond motifs is 1. The lowest BCUT2D eigenvalue weighted by atomic mass is 9.89. The molecule has 1 atom stereocenters. The van der Waals surface area contributed by atoms with Crippen molar-refractivity contribution in [1.82, 2.24) is 15.0 Å². The number of ether oxygens (including phenoxy) is 1. The van der Waals surface area contributed by atoms with Crippen LogP contribution in [-0.4, -0.2) is 38.4 Å². The third kappa shape index (κ3) is 4.33. The minimum atomic E-state index is -1.00. The van der Waals surface area contributed by atoms with Crippen LogP contribution >= 0.6 is 23.4 Å². The Morgan fingerprint density at radius 1 is 1.21 bits per heavy atom. The van der Waals surface area contributed by atoms with Gasteiger partial charge in [-0.15, -0.1) is 0 Å². The highest BCUT2D eigenvalue weighted by molar-refractivity contribution is 7.98. The summed E-state index contributed by atoms with van der Waals surface area (Å²) in [5, 5.41) is 10.3. The van der Waals surface area contributed by atoms with E-state index in [1.807, 2.05) is 53.0 Å². The van der Waals surface area contributed by atoms with E-state index < -0.39 is 17.5 Å². The second kappa shape index (κ2) is 7.84. The Balaban J connectivity index is 2.02. The number of carbonyl (C=O) groups is 1. The first-order valence-corrected chi connectivity index (χ1v) is 10.5. The maximum Gasteiger partial charge on any atom is 0.345 e. The quantitative estimate of drug-likeness (QED) is 0.333. The summed E-state index contributed by atoms with van der Waals surface area (Å²) in [6.45, 7) is 9.20. The van der Waals surface area contributed by atoms with Crippen molar-refractivity contribution in [1.29, 1.82) is 0 Å². The molecule has 0 fully saturated rings. The SMILES string of the molecule is CSc1nc(Cl)c2nc(-c3cc(C)c(OC(C(=O)O)C(C)(C)C)c(C)c3)oc2n1. The van der Waals surface area contributed by atoms with Crippen molar-refractivity contribution in [3.63, 3.8) is 0 Å². The van der Waals surface area contributed by atoms with Gasteiger partial charge in [0.2, 0.25) is 5.89 Å². The standard InChI is InChI=1S/C20H22ClN3O4S/c1-9-7-11(8-10(2)13(9)27-14(18(25)26)20(3,4)5)16-22-12-15(21)23-19(29-6)24-17(12)28-16/h7-8,14H,1-6H3,(H,25,26). The van der Waals surface area contributed by atoms with Crippen LogP contribution in [0.1, 0.15) is 31.9 Å². The molecule has 0 aliphatic heterocycles. The minimum absolute atomic E-state index is 0.234.